The van der Waals surface area contributed by atoms with Crippen molar-refractivity contribution in [2.24, 2.45) is 5.14 Å². The van der Waals surface area contributed by atoms with E-state index in [1.165, 1.54) is 0 Å². The van der Waals surface area contributed by atoms with Crippen LogP contribution in [0.5, 0.6) is 0 Å². The van der Waals surface area contributed by atoms with Crippen LogP contribution in [0.15, 0.2) is 67.6 Å². The first-order valence-corrected chi connectivity index (χ1v) is 7.97. The molecule has 6 nitrogen and oxygen atoms in total. The van der Waals surface area contributed by atoms with E-state index < -0.39 is 10.0 Å². The Morgan fingerprint density at radius 1 is 1.18 bits per heavy atom. The zero-order valence-electron chi connectivity index (χ0n) is 12.0. The lowest BCUT2D eigenvalue weighted by atomic mass is 9.95. The van der Waals surface area contributed by atoms with Crippen molar-refractivity contribution in [1.82, 2.24) is 14.6 Å². The molecule has 114 valence electrons. The minimum atomic E-state index is -3.67. The fourth-order valence-electron chi connectivity index (χ4n) is 1.86. The molecule has 0 aliphatic rings. The van der Waals surface area contributed by atoms with Crippen LogP contribution in [0.25, 0.3) is 11.2 Å². The molecule has 0 saturated carbocycles. The Hall–Kier alpha value is -2.51. The molecule has 0 radical (unpaired) electrons. The first-order valence-electron chi connectivity index (χ1n) is 6.26. The molecule has 2 aromatic heterocycles. The molecule has 7 heteroatoms. The number of hydrogen-bond acceptors (Lipinski definition) is 4. The number of rotatable bonds is 6. The second-order valence-corrected chi connectivity index (χ2v) is 6.41. The van der Waals surface area contributed by atoms with Gasteiger partial charge < -0.3 is 0 Å². The maximum Gasteiger partial charge on any atom is 0.213 e. The Balaban J connectivity index is 2.22. The topological polar surface area (TPSA) is 90.4 Å². The molecule has 0 atom stereocenters. The number of allylic oxidation sites excluding steroid dienone is 3. The number of aromatic nitrogens is 3. The number of fused-ring (bicyclic) bond motifs is 1. The van der Waals surface area contributed by atoms with Crippen LogP contribution in [0.1, 0.15) is 5.69 Å². The van der Waals surface area contributed by atoms with E-state index in [0.717, 1.165) is 0 Å². The van der Waals surface area contributed by atoms with E-state index in [-0.39, 0.29) is 11.3 Å². The molecule has 0 spiro atoms. The number of imidazole rings is 1. The average Bonchev–Trinajstić information content (AvgIpc) is 2.90. The molecule has 2 rings (SSSR count). The van der Waals surface area contributed by atoms with Crippen LogP contribution >= 0.6 is 0 Å². The van der Waals surface area contributed by atoms with E-state index in [9.17, 15) is 8.42 Å². The number of hydrogen-bond donors (Lipinski definition) is 1. The molecule has 2 N–H and O–H groups in total. The summed E-state index contributed by atoms with van der Waals surface area (Å²) in [5.74, 6) is -0.383. The number of nitrogens with zero attached hydrogens (tertiary/aromatic N) is 3. The van der Waals surface area contributed by atoms with Gasteiger partial charge in [-0.25, -0.2) is 23.1 Å². The molecule has 0 saturated heterocycles. The second-order valence-electron chi connectivity index (χ2n) is 4.79. The van der Waals surface area contributed by atoms with E-state index in [4.69, 9.17) is 5.14 Å². The van der Waals surface area contributed by atoms with Gasteiger partial charge in [0.2, 0.25) is 10.0 Å². The third-order valence-electron chi connectivity index (χ3n) is 3.10. The zero-order chi connectivity index (χ0) is 16.5. The summed E-state index contributed by atoms with van der Waals surface area (Å²) < 4.78 is 23.9. The fourth-order valence-corrected chi connectivity index (χ4v) is 2.52. The van der Waals surface area contributed by atoms with Crippen LogP contribution in [0, 0.1) is 0 Å². The summed E-state index contributed by atoms with van der Waals surface area (Å²) in [6.45, 7) is 15.3. The van der Waals surface area contributed by atoms with Crippen molar-refractivity contribution in [2.75, 3.05) is 5.75 Å². The average molecular weight is 316 g/mol. The molecule has 0 unspecified atom stereocenters. The molecule has 0 fully saturated rings. The van der Waals surface area contributed by atoms with Crippen molar-refractivity contribution in [3.63, 3.8) is 0 Å². The van der Waals surface area contributed by atoms with Gasteiger partial charge in [-0.2, -0.15) is 5.10 Å². The van der Waals surface area contributed by atoms with Gasteiger partial charge in [0.15, 0.2) is 5.65 Å². The van der Waals surface area contributed by atoms with E-state index in [0.29, 0.717) is 28.1 Å². The molecular formula is C15H16N4O2S. The third-order valence-corrected chi connectivity index (χ3v) is 3.85. The van der Waals surface area contributed by atoms with E-state index in [1.807, 2.05) is 0 Å². The zero-order valence-corrected chi connectivity index (χ0v) is 12.8. The van der Waals surface area contributed by atoms with Crippen LogP contribution in [0.3, 0.4) is 0 Å². The lowest BCUT2D eigenvalue weighted by molar-refractivity contribution is 0.600. The highest BCUT2D eigenvalue weighted by molar-refractivity contribution is 7.89. The standard InChI is InChI=1S/C15H16N4O2S/c1-10(9-22(16,20)21)11(2)12(3)13(4)14-5-6-15-17-7-8-19(15)18-14/h5-8H,1-4,9H2,(H2,16,20,21). The van der Waals surface area contributed by atoms with Gasteiger partial charge in [0, 0.05) is 18.0 Å². The Bertz CT molecular complexity index is 907. The molecule has 0 aliphatic carbocycles. The first-order chi connectivity index (χ1) is 10.2. The highest BCUT2D eigenvalue weighted by atomic mass is 32.2. The SMILES string of the molecule is C=C(CS(N)(=O)=O)C(=C)C(=C)C(=C)c1ccc2nccn2n1. The molecule has 0 amide bonds. The summed E-state index contributed by atoms with van der Waals surface area (Å²) in [7, 11) is -3.67. The summed E-state index contributed by atoms with van der Waals surface area (Å²) in [4.78, 5) is 4.10. The monoisotopic (exact) mass is 316 g/mol. The second kappa shape index (κ2) is 5.70. The lowest BCUT2D eigenvalue weighted by Crippen LogP contribution is -2.18. The molecule has 2 aromatic rings. The summed E-state index contributed by atoms with van der Waals surface area (Å²) in [6, 6.07) is 3.55. The van der Waals surface area contributed by atoms with Crippen LogP contribution in [0.2, 0.25) is 0 Å². The van der Waals surface area contributed by atoms with Gasteiger partial charge >= 0.3 is 0 Å². The minimum absolute atomic E-state index is 0.275. The van der Waals surface area contributed by atoms with E-state index in [1.54, 1.807) is 29.0 Å². The van der Waals surface area contributed by atoms with Gasteiger partial charge in [-0.1, -0.05) is 26.3 Å². The maximum absolute atomic E-state index is 11.1. The van der Waals surface area contributed by atoms with Gasteiger partial charge in [0.05, 0.1) is 11.4 Å². The maximum atomic E-state index is 11.1. The Morgan fingerprint density at radius 3 is 2.50 bits per heavy atom. The molecule has 2 heterocycles. The summed E-state index contributed by atoms with van der Waals surface area (Å²) in [6.07, 6.45) is 3.35. The normalized spacial score (nSPS) is 11.3. The smallest absolute Gasteiger partial charge is 0.213 e. The predicted octanol–water partition coefficient (Wildman–Crippen LogP) is 1.70. The molecule has 0 aliphatic heterocycles. The van der Waals surface area contributed by atoms with Crippen molar-refractivity contribution in [2.45, 2.75) is 0 Å². The Labute approximate surface area is 129 Å². The fraction of sp³-hybridized carbons (Fsp3) is 0.0667. The van der Waals surface area contributed by atoms with Crippen molar-refractivity contribution < 1.29 is 8.42 Å². The van der Waals surface area contributed by atoms with Gasteiger partial charge in [0.1, 0.15) is 0 Å². The molecule has 22 heavy (non-hydrogen) atoms. The van der Waals surface area contributed by atoms with Gasteiger partial charge in [-0.05, 0) is 28.9 Å². The van der Waals surface area contributed by atoms with E-state index >= 15 is 0 Å². The summed E-state index contributed by atoms with van der Waals surface area (Å²) in [5, 5.41) is 9.36. The lowest BCUT2D eigenvalue weighted by Gasteiger charge is -2.13. The van der Waals surface area contributed by atoms with Crippen LogP contribution in [-0.4, -0.2) is 28.8 Å². The van der Waals surface area contributed by atoms with Crippen molar-refractivity contribution in [3.05, 3.63) is 73.3 Å². The van der Waals surface area contributed by atoms with Gasteiger partial charge in [-0.3, -0.25) is 0 Å². The van der Waals surface area contributed by atoms with Crippen molar-refractivity contribution in [3.8, 4) is 0 Å². The highest BCUT2D eigenvalue weighted by Crippen LogP contribution is 2.27. The highest BCUT2D eigenvalue weighted by Gasteiger charge is 2.15. The first kappa shape index (κ1) is 15.9. The number of sulfonamides is 1. The predicted molar refractivity (Wildman–Crippen MR) is 87.4 cm³/mol. The van der Waals surface area contributed by atoms with Crippen LogP contribution < -0.4 is 5.14 Å². The van der Waals surface area contributed by atoms with Gasteiger partial charge in [-0.15, -0.1) is 0 Å². The van der Waals surface area contributed by atoms with E-state index in [2.05, 4.69) is 36.4 Å². The molecule has 0 bridgehead atoms. The Kier molecular flexibility index (Phi) is 4.11. The number of primary sulfonamides is 1. The minimum Gasteiger partial charge on any atom is -0.236 e. The van der Waals surface area contributed by atoms with Crippen LogP contribution in [0.4, 0.5) is 0 Å². The summed E-state index contributed by atoms with van der Waals surface area (Å²) in [5.41, 5.74) is 2.93. The quantitative estimate of drug-likeness (QED) is 0.821. The third kappa shape index (κ3) is 3.38. The summed E-state index contributed by atoms with van der Waals surface area (Å²) >= 11 is 0. The van der Waals surface area contributed by atoms with Crippen LogP contribution in [-0.2, 0) is 10.0 Å². The van der Waals surface area contributed by atoms with Gasteiger partial charge in [0.25, 0.3) is 0 Å². The molecule has 0 aromatic carbocycles. The largest absolute Gasteiger partial charge is 0.236 e. The Morgan fingerprint density at radius 2 is 1.86 bits per heavy atom. The molecular weight excluding hydrogens is 300 g/mol. The van der Waals surface area contributed by atoms with Crippen molar-refractivity contribution >= 4 is 21.2 Å². The number of nitrogens with two attached hydrogens (primary N) is 1. The van der Waals surface area contributed by atoms with Crippen molar-refractivity contribution in [1.29, 1.82) is 0 Å².